The number of halogens is 2. The van der Waals surface area contributed by atoms with E-state index in [0.29, 0.717) is 21.7 Å². The number of carbonyl (C=O) groups excluding carboxylic acids is 1. The quantitative estimate of drug-likeness (QED) is 0.767. The monoisotopic (exact) mass is 362 g/mol. The normalized spacial score (nSPS) is 17.6. The molecule has 0 aromatic heterocycles. The minimum Gasteiger partial charge on any atom is -0.369 e. The molecule has 1 saturated heterocycles. The molecule has 0 saturated carbocycles. The van der Waals surface area contributed by atoms with Crippen LogP contribution in [-0.4, -0.2) is 18.5 Å². The third-order valence-electron chi connectivity index (χ3n) is 4.44. The molecule has 1 aliphatic heterocycles. The summed E-state index contributed by atoms with van der Waals surface area (Å²) in [5.41, 5.74) is 2.45. The number of hydrogen-bond donors (Lipinski definition) is 1. The SMILES string of the molecule is CC1CCCCN1c1ccc(NC(=O)c2ccc(Cl)c(Cl)c2)cc1. The van der Waals surface area contributed by atoms with E-state index >= 15 is 0 Å². The predicted molar refractivity (Wildman–Crippen MR) is 102 cm³/mol. The number of benzene rings is 2. The van der Waals surface area contributed by atoms with Crippen LogP contribution in [-0.2, 0) is 0 Å². The fourth-order valence-electron chi connectivity index (χ4n) is 3.06. The molecule has 1 unspecified atom stereocenters. The van der Waals surface area contributed by atoms with Crippen LogP contribution in [0.4, 0.5) is 11.4 Å². The summed E-state index contributed by atoms with van der Waals surface area (Å²) < 4.78 is 0. The van der Waals surface area contributed by atoms with Crippen LogP contribution < -0.4 is 10.2 Å². The topological polar surface area (TPSA) is 32.3 Å². The number of nitrogens with one attached hydrogen (secondary N) is 1. The van der Waals surface area contributed by atoms with Crippen molar-refractivity contribution in [2.24, 2.45) is 0 Å². The molecule has 0 spiro atoms. The largest absolute Gasteiger partial charge is 0.369 e. The van der Waals surface area contributed by atoms with Crippen LogP contribution in [0.15, 0.2) is 42.5 Å². The standard InChI is InChI=1S/C19H20Cl2N2O/c1-13-4-2-3-11-23(13)16-8-6-15(7-9-16)22-19(24)14-5-10-17(20)18(21)12-14/h5-10,12-13H,2-4,11H2,1H3,(H,22,24). The molecule has 2 aromatic carbocycles. The average molecular weight is 363 g/mol. The van der Waals surface area contributed by atoms with Gasteiger partial charge in [0.25, 0.3) is 5.91 Å². The Labute approximate surface area is 152 Å². The summed E-state index contributed by atoms with van der Waals surface area (Å²) in [5, 5.41) is 3.70. The van der Waals surface area contributed by atoms with E-state index in [4.69, 9.17) is 23.2 Å². The van der Waals surface area contributed by atoms with E-state index in [0.717, 1.165) is 12.2 Å². The first-order valence-corrected chi connectivity index (χ1v) is 8.93. The maximum absolute atomic E-state index is 12.3. The van der Waals surface area contributed by atoms with Gasteiger partial charge < -0.3 is 10.2 Å². The van der Waals surface area contributed by atoms with Crippen molar-refractivity contribution in [3.05, 3.63) is 58.1 Å². The van der Waals surface area contributed by atoms with Gasteiger partial charge in [0.05, 0.1) is 10.0 Å². The van der Waals surface area contributed by atoms with Crippen molar-refractivity contribution in [3.8, 4) is 0 Å². The number of rotatable bonds is 3. The second-order valence-corrected chi connectivity index (χ2v) is 6.98. The summed E-state index contributed by atoms with van der Waals surface area (Å²) >= 11 is 11.8. The molecular formula is C19H20Cl2N2O. The van der Waals surface area contributed by atoms with Crippen molar-refractivity contribution >= 4 is 40.5 Å². The van der Waals surface area contributed by atoms with Gasteiger partial charge >= 0.3 is 0 Å². The number of nitrogens with zero attached hydrogens (tertiary/aromatic N) is 1. The molecule has 1 amide bonds. The molecule has 0 radical (unpaired) electrons. The zero-order chi connectivity index (χ0) is 17.1. The molecule has 1 aliphatic rings. The minimum absolute atomic E-state index is 0.201. The van der Waals surface area contributed by atoms with Gasteiger partial charge in [-0.1, -0.05) is 23.2 Å². The van der Waals surface area contributed by atoms with Crippen LogP contribution in [0.5, 0.6) is 0 Å². The van der Waals surface area contributed by atoms with Gasteiger partial charge in [-0.05, 0) is 68.7 Å². The van der Waals surface area contributed by atoms with Crippen LogP contribution in [0, 0.1) is 0 Å². The maximum Gasteiger partial charge on any atom is 0.255 e. The molecule has 24 heavy (non-hydrogen) atoms. The number of amides is 1. The Morgan fingerprint density at radius 2 is 1.83 bits per heavy atom. The first kappa shape index (κ1) is 17.1. The van der Waals surface area contributed by atoms with E-state index in [9.17, 15) is 4.79 Å². The first-order valence-electron chi connectivity index (χ1n) is 8.18. The Morgan fingerprint density at radius 1 is 1.08 bits per heavy atom. The van der Waals surface area contributed by atoms with Crippen LogP contribution >= 0.6 is 23.2 Å². The van der Waals surface area contributed by atoms with E-state index < -0.39 is 0 Å². The fourth-order valence-corrected chi connectivity index (χ4v) is 3.36. The highest BCUT2D eigenvalue weighted by atomic mass is 35.5. The molecule has 1 N–H and O–H groups in total. The van der Waals surface area contributed by atoms with Gasteiger partial charge in [-0.3, -0.25) is 4.79 Å². The number of piperidine rings is 1. The zero-order valence-corrected chi connectivity index (χ0v) is 15.1. The fraction of sp³-hybridized carbons (Fsp3) is 0.316. The lowest BCUT2D eigenvalue weighted by atomic mass is 10.0. The first-order chi connectivity index (χ1) is 11.5. The van der Waals surface area contributed by atoms with Gasteiger partial charge in [-0.15, -0.1) is 0 Å². The molecule has 0 bridgehead atoms. The van der Waals surface area contributed by atoms with Crippen LogP contribution in [0.3, 0.4) is 0 Å². The molecular weight excluding hydrogens is 343 g/mol. The lowest BCUT2D eigenvalue weighted by Crippen LogP contribution is -2.37. The Kier molecular flexibility index (Phi) is 5.32. The molecule has 126 valence electrons. The number of hydrogen-bond acceptors (Lipinski definition) is 2. The molecule has 3 rings (SSSR count). The Morgan fingerprint density at radius 3 is 2.50 bits per heavy atom. The number of anilines is 2. The van der Waals surface area contributed by atoms with Crippen molar-refractivity contribution in [1.82, 2.24) is 0 Å². The van der Waals surface area contributed by atoms with E-state index in [1.165, 1.54) is 24.9 Å². The van der Waals surface area contributed by atoms with Gasteiger partial charge in [0.1, 0.15) is 0 Å². The predicted octanol–water partition coefficient (Wildman–Crippen LogP) is 5.62. The van der Waals surface area contributed by atoms with Crippen LogP contribution in [0.2, 0.25) is 10.0 Å². The van der Waals surface area contributed by atoms with Crippen molar-refractivity contribution in [2.45, 2.75) is 32.2 Å². The summed E-state index contributed by atoms with van der Waals surface area (Å²) in [6.45, 7) is 3.36. The van der Waals surface area contributed by atoms with Gasteiger partial charge in [-0.25, -0.2) is 0 Å². The molecule has 3 nitrogen and oxygen atoms in total. The minimum atomic E-state index is -0.201. The maximum atomic E-state index is 12.3. The Balaban J connectivity index is 1.69. The van der Waals surface area contributed by atoms with Crippen molar-refractivity contribution in [1.29, 1.82) is 0 Å². The third kappa shape index (κ3) is 3.85. The summed E-state index contributed by atoms with van der Waals surface area (Å²) in [4.78, 5) is 14.7. The summed E-state index contributed by atoms with van der Waals surface area (Å²) in [5.74, 6) is -0.201. The summed E-state index contributed by atoms with van der Waals surface area (Å²) in [6, 6.07) is 13.4. The van der Waals surface area contributed by atoms with Gasteiger partial charge in [-0.2, -0.15) is 0 Å². The molecule has 1 fully saturated rings. The number of carbonyl (C=O) groups is 1. The highest BCUT2D eigenvalue weighted by Crippen LogP contribution is 2.26. The smallest absolute Gasteiger partial charge is 0.255 e. The van der Waals surface area contributed by atoms with E-state index in [-0.39, 0.29) is 5.91 Å². The lowest BCUT2D eigenvalue weighted by Gasteiger charge is -2.35. The molecule has 1 atom stereocenters. The molecule has 1 heterocycles. The van der Waals surface area contributed by atoms with Crippen LogP contribution in [0.1, 0.15) is 36.5 Å². The van der Waals surface area contributed by atoms with Gasteiger partial charge in [0.2, 0.25) is 0 Å². The van der Waals surface area contributed by atoms with Crippen molar-refractivity contribution < 1.29 is 4.79 Å². The van der Waals surface area contributed by atoms with Crippen molar-refractivity contribution in [3.63, 3.8) is 0 Å². The second kappa shape index (κ2) is 7.45. The lowest BCUT2D eigenvalue weighted by molar-refractivity contribution is 0.102. The summed E-state index contributed by atoms with van der Waals surface area (Å²) in [7, 11) is 0. The van der Waals surface area contributed by atoms with Gasteiger partial charge in [0.15, 0.2) is 0 Å². The highest BCUT2D eigenvalue weighted by Gasteiger charge is 2.18. The second-order valence-electron chi connectivity index (χ2n) is 6.17. The van der Waals surface area contributed by atoms with Gasteiger partial charge in [0, 0.05) is 29.5 Å². The molecule has 0 aliphatic carbocycles. The van der Waals surface area contributed by atoms with E-state index in [1.807, 2.05) is 12.1 Å². The summed E-state index contributed by atoms with van der Waals surface area (Å²) in [6.07, 6.45) is 3.77. The average Bonchev–Trinajstić information content (AvgIpc) is 2.58. The third-order valence-corrected chi connectivity index (χ3v) is 5.18. The highest BCUT2D eigenvalue weighted by molar-refractivity contribution is 6.42. The Bertz CT molecular complexity index is 731. The van der Waals surface area contributed by atoms with E-state index in [2.05, 4.69) is 29.3 Å². The Hall–Kier alpha value is -1.71. The van der Waals surface area contributed by atoms with Crippen LogP contribution in [0.25, 0.3) is 0 Å². The molecule has 5 heteroatoms. The zero-order valence-electron chi connectivity index (χ0n) is 13.6. The van der Waals surface area contributed by atoms with E-state index in [1.54, 1.807) is 18.2 Å². The molecule has 2 aromatic rings. The van der Waals surface area contributed by atoms with Crippen molar-refractivity contribution in [2.75, 3.05) is 16.8 Å².